The minimum absolute atomic E-state index is 0.0916. The van der Waals surface area contributed by atoms with Crippen LogP contribution in [0.25, 0.3) is 11.3 Å². The first-order valence-electron chi connectivity index (χ1n) is 7.81. The fourth-order valence-electron chi connectivity index (χ4n) is 2.61. The number of urea groups is 1. The van der Waals surface area contributed by atoms with Crippen molar-refractivity contribution in [2.75, 3.05) is 25.0 Å². The zero-order valence-corrected chi connectivity index (χ0v) is 13.9. The molecule has 1 fully saturated rings. The maximum atomic E-state index is 12.4. The summed E-state index contributed by atoms with van der Waals surface area (Å²) in [6, 6.07) is 7.54. The number of aromatic nitrogens is 2. The van der Waals surface area contributed by atoms with Gasteiger partial charge < -0.3 is 15.0 Å². The maximum Gasteiger partial charge on any atom is 0.321 e. The van der Waals surface area contributed by atoms with E-state index < -0.39 is 0 Å². The van der Waals surface area contributed by atoms with Crippen LogP contribution < -0.4 is 5.32 Å². The zero-order valence-electron chi connectivity index (χ0n) is 13.1. The Hall–Kier alpha value is -1.99. The molecular weight excluding hydrogens is 312 g/mol. The second kappa shape index (κ2) is 7.52. The summed E-state index contributed by atoms with van der Waals surface area (Å²) in [7, 11) is 0. The van der Waals surface area contributed by atoms with E-state index in [4.69, 9.17) is 4.74 Å². The van der Waals surface area contributed by atoms with Crippen LogP contribution in [0, 0.1) is 0 Å². The van der Waals surface area contributed by atoms with Crippen LogP contribution in [-0.2, 0) is 4.74 Å². The molecule has 0 aliphatic carbocycles. The van der Waals surface area contributed by atoms with E-state index in [0.29, 0.717) is 13.1 Å². The van der Waals surface area contributed by atoms with Crippen molar-refractivity contribution in [1.29, 1.82) is 0 Å². The van der Waals surface area contributed by atoms with Gasteiger partial charge in [-0.3, -0.25) is 0 Å². The number of amides is 2. The number of anilines is 1. The summed E-state index contributed by atoms with van der Waals surface area (Å²) in [5.74, 6) is 0. The highest BCUT2D eigenvalue weighted by molar-refractivity contribution is 7.03. The third-order valence-electron chi connectivity index (χ3n) is 3.91. The summed E-state index contributed by atoms with van der Waals surface area (Å²) >= 11 is 1.32. The smallest absolute Gasteiger partial charge is 0.321 e. The molecule has 1 aromatic heterocycles. The summed E-state index contributed by atoms with van der Waals surface area (Å²) in [4.78, 5) is 14.2. The first-order valence-corrected chi connectivity index (χ1v) is 8.65. The molecule has 1 aliphatic rings. The average Bonchev–Trinajstić information content (AvgIpc) is 3.27. The molecule has 2 amide bonds. The molecule has 122 valence electrons. The largest absolute Gasteiger partial charge is 0.376 e. The van der Waals surface area contributed by atoms with E-state index in [1.165, 1.54) is 11.5 Å². The van der Waals surface area contributed by atoms with E-state index in [2.05, 4.69) is 14.9 Å². The van der Waals surface area contributed by atoms with E-state index >= 15 is 0 Å². The van der Waals surface area contributed by atoms with Crippen molar-refractivity contribution in [2.45, 2.75) is 25.9 Å². The summed E-state index contributed by atoms with van der Waals surface area (Å²) < 4.78 is 9.46. The number of ether oxygens (including phenoxy) is 1. The Labute approximate surface area is 139 Å². The molecule has 6 nitrogen and oxygen atoms in total. The van der Waals surface area contributed by atoms with Crippen molar-refractivity contribution in [3.05, 3.63) is 29.6 Å². The quantitative estimate of drug-likeness (QED) is 0.913. The van der Waals surface area contributed by atoms with E-state index in [-0.39, 0.29) is 12.1 Å². The zero-order chi connectivity index (χ0) is 16.1. The van der Waals surface area contributed by atoms with Crippen molar-refractivity contribution < 1.29 is 9.53 Å². The topological polar surface area (TPSA) is 67.3 Å². The van der Waals surface area contributed by atoms with Gasteiger partial charge in [-0.05, 0) is 43.4 Å². The Morgan fingerprint density at radius 2 is 2.26 bits per heavy atom. The fourth-order valence-corrected chi connectivity index (χ4v) is 3.07. The van der Waals surface area contributed by atoms with Gasteiger partial charge in [-0.15, -0.1) is 5.10 Å². The van der Waals surface area contributed by atoms with Crippen LogP contribution in [0.3, 0.4) is 0 Å². The Kier molecular flexibility index (Phi) is 5.19. The molecule has 1 N–H and O–H groups in total. The van der Waals surface area contributed by atoms with Gasteiger partial charge in [0.2, 0.25) is 0 Å². The molecular formula is C16H20N4O2S. The first kappa shape index (κ1) is 15.9. The minimum Gasteiger partial charge on any atom is -0.376 e. The number of benzene rings is 1. The van der Waals surface area contributed by atoms with Gasteiger partial charge in [0.25, 0.3) is 0 Å². The molecule has 0 spiro atoms. The Morgan fingerprint density at radius 1 is 1.43 bits per heavy atom. The predicted octanol–water partition coefficient (Wildman–Crippen LogP) is 3.24. The van der Waals surface area contributed by atoms with Gasteiger partial charge in [0.05, 0.1) is 6.10 Å². The lowest BCUT2D eigenvalue weighted by atomic mass is 10.1. The number of carbonyl (C=O) groups is 1. The third kappa shape index (κ3) is 4.05. The molecule has 0 unspecified atom stereocenters. The number of likely N-dealkylation sites (N-methyl/N-ethyl adjacent to an activating group) is 1. The normalized spacial score (nSPS) is 17.2. The van der Waals surface area contributed by atoms with E-state index in [9.17, 15) is 4.79 Å². The maximum absolute atomic E-state index is 12.4. The lowest BCUT2D eigenvalue weighted by Gasteiger charge is -2.24. The fraction of sp³-hybridized carbons (Fsp3) is 0.438. The number of carbonyl (C=O) groups excluding carboxylic acids is 1. The molecule has 0 radical (unpaired) electrons. The van der Waals surface area contributed by atoms with Gasteiger partial charge in [-0.2, -0.15) is 0 Å². The summed E-state index contributed by atoms with van der Waals surface area (Å²) in [5.41, 5.74) is 2.61. The van der Waals surface area contributed by atoms with Gasteiger partial charge >= 0.3 is 6.03 Å². The highest BCUT2D eigenvalue weighted by Gasteiger charge is 2.21. The van der Waals surface area contributed by atoms with Crippen LogP contribution >= 0.6 is 11.5 Å². The molecule has 1 atom stereocenters. The van der Waals surface area contributed by atoms with Crippen molar-refractivity contribution >= 4 is 23.3 Å². The molecule has 2 aromatic rings. The SMILES string of the molecule is CCN(C[C@@H]1CCCO1)C(=O)Nc1ccc(-c2csnn2)cc1. The summed E-state index contributed by atoms with van der Waals surface area (Å²) in [5, 5.41) is 8.87. The molecule has 1 saturated heterocycles. The van der Waals surface area contributed by atoms with Crippen molar-refractivity contribution in [3.63, 3.8) is 0 Å². The van der Waals surface area contributed by atoms with Crippen LogP contribution in [0.1, 0.15) is 19.8 Å². The van der Waals surface area contributed by atoms with Crippen LogP contribution in [0.15, 0.2) is 29.6 Å². The molecule has 23 heavy (non-hydrogen) atoms. The Balaban J connectivity index is 1.59. The van der Waals surface area contributed by atoms with Gasteiger partial charge in [-0.25, -0.2) is 4.79 Å². The predicted molar refractivity (Wildman–Crippen MR) is 90.6 cm³/mol. The van der Waals surface area contributed by atoms with Crippen LogP contribution in [0.4, 0.5) is 10.5 Å². The van der Waals surface area contributed by atoms with Gasteiger partial charge in [0.1, 0.15) is 5.69 Å². The lowest BCUT2D eigenvalue weighted by molar-refractivity contribution is 0.0849. The van der Waals surface area contributed by atoms with E-state index in [1.807, 2.05) is 36.6 Å². The third-order valence-corrected chi connectivity index (χ3v) is 4.41. The van der Waals surface area contributed by atoms with Gasteiger partial charge in [-0.1, -0.05) is 16.6 Å². The lowest BCUT2D eigenvalue weighted by Crippen LogP contribution is -2.39. The second-order valence-electron chi connectivity index (χ2n) is 5.47. The Bertz CT molecular complexity index is 624. The molecule has 3 rings (SSSR count). The molecule has 2 heterocycles. The van der Waals surface area contributed by atoms with Crippen molar-refractivity contribution in [1.82, 2.24) is 14.5 Å². The number of nitrogens with zero attached hydrogens (tertiary/aromatic N) is 3. The van der Waals surface area contributed by atoms with Crippen molar-refractivity contribution in [3.8, 4) is 11.3 Å². The van der Waals surface area contributed by atoms with E-state index in [0.717, 1.165) is 36.4 Å². The van der Waals surface area contributed by atoms with Crippen molar-refractivity contribution in [2.24, 2.45) is 0 Å². The Morgan fingerprint density at radius 3 is 2.87 bits per heavy atom. The van der Waals surface area contributed by atoms with Gasteiger partial charge in [0.15, 0.2) is 0 Å². The number of hydrogen-bond donors (Lipinski definition) is 1. The molecule has 1 aromatic carbocycles. The summed E-state index contributed by atoms with van der Waals surface area (Å²) in [6.45, 7) is 4.09. The highest BCUT2D eigenvalue weighted by Crippen LogP contribution is 2.20. The second-order valence-corrected chi connectivity index (χ2v) is 6.08. The molecule has 1 aliphatic heterocycles. The first-order chi connectivity index (χ1) is 11.3. The monoisotopic (exact) mass is 332 g/mol. The number of rotatable bonds is 5. The minimum atomic E-state index is -0.0916. The highest BCUT2D eigenvalue weighted by atomic mass is 32.1. The molecule has 0 bridgehead atoms. The number of nitrogens with one attached hydrogen (secondary N) is 1. The van der Waals surface area contributed by atoms with Crippen LogP contribution in [0.5, 0.6) is 0 Å². The van der Waals surface area contributed by atoms with Crippen LogP contribution in [-0.4, -0.2) is 46.3 Å². The van der Waals surface area contributed by atoms with Crippen LogP contribution in [0.2, 0.25) is 0 Å². The summed E-state index contributed by atoms with van der Waals surface area (Å²) in [6.07, 6.45) is 2.27. The average molecular weight is 332 g/mol. The standard InChI is InChI=1S/C16H20N4O2S/c1-2-20(10-14-4-3-9-22-14)16(21)17-13-7-5-12(6-8-13)15-11-23-19-18-15/h5-8,11,14H,2-4,9-10H2,1H3,(H,17,21)/t14-/m0/s1. The van der Waals surface area contributed by atoms with Gasteiger partial charge in [0, 0.05) is 36.3 Å². The van der Waals surface area contributed by atoms with E-state index in [1.54, 1.807) is 4.90 Å². The molecule has 0 saturated carbocycles. The number of hydrogen-bond acceptors (Lipinski definition) is 5. The molecule has 7 heteroatoms.